The summed E-state index contributed by atoms with van der Waals surface area (Å²) in [6.07, 6.45) is 0. The highest BCUT2D eigenvalue weighted by Gasteiger charge is 2.02. The second-order valence-electron chi connectivity index (χ2n) is 5.89. The summed E-state index contributed by atoms with van der Waals surface area (Å²) < 4.78 is 41.3. The van der Waals surface area contributed by atoms with Crippen LogP contribution in [0.2, 0.25) is 0 Å². The summed E-state index contributed by atoms with van der Waals surface area (Å²) in [7, 11) is 3.03. The maximum atomic E-state index is 10.8. The molecule has 0 aromatic carbocycles. The molecule has 10 nitrogen and oxygen atoms in total. The predicted octanol–water partition coefficient (Wildman–Crippen LogP) is 0.682. The molecule has 0 unspecified atom stereocenters. The van der Waals surface area contributed by atoms with Crippen molar-refractivity contribution in [3.8, 4) is 0 Å². The second kappa shape index (κ2) is 16.4. The van der Waals surface area contributed by atoms with Gasteiger partial charge in [-0.2, -0.15) is 8.42 Å². The lowest BCUT2D eigenvalue weighted by molar-refractivity contribution is -0.140. The van der Waals surface area contributed by atoms with Crippen molar-refractivity contribution in [2.45, 2.75) is 13.8 Å². The van der Waals surface area contributed by atoms with Crippen LogP contribution in [0, 0.1) is 0 Å². The molecule has 0 aromatic rings. The van der Waals surface area contributed by atoms with Gasteiger partial charge in [0.05, 0.1) is 0 Å². The van der Waals surface area contributed by atoms with E-state index in [-0.39, 0.29) is 11.9 Å². The van der Waals surface area contributed by atoms with Crippen LogP contribution < -0.4 is 0 Å². The lowest BCUT2D eigenvalue weighted by Gasteiger charge is -2.09. The number of likely N-dealkylation sites (N-methyl/N-ethyl adjacent to an activating group) is 2. The van der Waals surface area contributed by atoms with Gasteiger partial charge in [-0.05, 0) is 42.0 Å². The third-order valence-electron chi connectivity index (χ3n) is 2.24. The zero-order valence-corrected chi connectivity index (χ0v) is 17.7. The first-order valence-electron chi connectivity index (χ1n) is 7.72. The van der Waals surface area contributed by atoms with E-state index in [1.807, 2.05) is 38.0 Å². The second-order valence-corrected chi connectivity index (χ2v) is 6.78. The third kappa shape index (κ3) is 36.0. The maximum Gasteiger partial charge on any atom is 0.394 e. The van der Waals surface area contributed by atoms with Crippen molar-refractivity contribution in [2.75, 3.05) is 54.5 Å². The Hall–Kier alpha value is -1.79. The van der Waals surface area contributed by atoms with Crippen molar-refractivity contribution in [1.29, 1.82) is 0 Å². The molecule has 27 heavy (non-hydrogen) atoms. The molecule has 160 valence electrons. The molecule has 0 bridgehead atoms. The highest BCUT2D eigenvalue weighted by Crippen LogP contribution is 1.92. The third-order valence-corrected chi connectivity index (χ3v) is 2.24. The molecule has 0 aliphatic carbocycles. The Labute approximate surface area is 162 Å². The summed E-state index contributed by atoms with van der Waals surface area (Å²) in [5.74, 6) is -0.626. The molecule has 0 saturated carbocycles. The molecule has 0 rings (SSSR count). The van der Waals surface area contributed by atoms with Crippen LogP contribution >= 0.6 is 0 Å². The fraction of sp³-hybridized carbons (Fsp3) is 0.625. The van der Waals surface area contributed by atoms with E-state index in [4.69, 9.17) is 27.0 Å². The molecular formula is C16H32N2O8S. The van der Waals surface area contributed by atoms with E-state index in [1.165, 1.54) is 0 Å². The fourth-order valence-corrected chi connectivity index (χ4v) is 0.888. The molecule has 0 aliphatic rings. The van der Waals surface area contributed by atoms with Gasteiger partial charge >= 0.3 is 22.3 Å². The zero-order valence-electron chi connectivity index (χ0n) is 16.9. The molecule has 0 atom stereocenters. The summed E-state index contributed by atoms with van der Waals surface area (Å²) in [6.45, 7) is 12.6. The Morgan fingerprint density at radius 2 is 1.04 bits per heavy atom. The lowest BCUT2D eigenvalue weighted by Crippen LogP contribution is -2.20. The Balaban J connectivity index is -0.000000344. The summed E-state index contributed by atoms with van der Waals surface area (Å²) in [4.78, 5) is 25.5. The van der Waals surface area contributed by atoms with Crippen molar-refractivity contribution in [1.82, 2.24) is 9.80 Å². The van der Waals surface area contributed by atoms with Gasteiger partial charge in [0.25, 0.3) is 0 Å². The molecule has 0 radical (unpaired) electrons. The largest absolute Gasteiger partial charge is 0.461 e. The number of carbonyl (C=O) groups is 2. The first kappa shape index (κ1) is 30.0. The number of carbonyl (C=O) groups excluding carboxylic acids is 2. The minimum Gasteiger partial charge on any atom is -0.461 e. The predicted molar refractivity (Wildman–Crippen MR) is 103 cm³/mol. The van der Waals surface area contributed by atoms with Crippen molar-refractivity contribution in [2.24, 2.45) is 0 Å². The SMILES string of the molecule is C=C(C)C(=O)OCCN(C)C.C=C(C)C(=O)OCCN(C)C.O=S(=O)(O)O. The Bertz CT molecular complexity index is 527. The van der Waals surface area contributed by atoms with Gasteiger partial charge in [-0.15, -0.1) is 0 Å². The normalized spacial score (nSPS) is 10.1. The number of ether oxygens (including phenoxy) is 2. The maximum absolute atomic E-state index is 10.8. The average molecular weight is 413 g/mol. The van der Waals surface area contributed by atoms with E-state index >= 15 is 0 Å². The van der Waals surface area contributed by atoms with Crippen molar-refractivity contribution in [3.63, 3.8) is 0 Å². The minimum absolute atomic E-state index is 0.313. The smallest absolute Gasteiger partial charge is 0.394 e. The topological polar surface area (TPSA) is 134 Å². The van der Waals surface area contributed by atoms with Gasteiger partial charge in [0.15, 0.2) is 0 Å². The van der Waals surface area contributed by atoms with Gasteiger partial charge in [-0.25, -0.2) is 9.59 Å². The number of hydrogen-bond donors (Lipinski definition) is 2. The number of hydrogen-bond acceptors (Lipinski definition) is 8. The van der Waals surface area contributed by atoms with Crippen LogP contribution in [0.15, 0.2) is 24.3 Å². The highest BCUT2D eigenvalue weighted by molar-refractivity contribution is 7.79. The molecule has 2 N–H and O–H groups in total. The van der Waals surface area contributed by atoms with Gasteiger partial charge in [0, 0.05) is 24.2 Å². The zero-order chi connectivity index (χ0) is 22.2. The Morgan fingerprint density at radius 1 is 0.815 bits per heavy atom. The van der Waals surface area contributed by atoms with Crippen LogP contribution in [-0.2, 0) is 29.5 Å². The van der Waals surface area contributed by atoms with Gasteiger partial charge in [-0.3, -0.25) is 9.11 Å². The van der Waals surface area contributed by atoms with Crippen LogP contribution in [-0.4, -0.2) is 93.8 Å². The van der Waals surface area contributed by atoms with Crippen molar-refractivity contribution in [3.05, 3.63) is 24.3 Å². The molecule has 0 heterocycles. The monoisotopic (exact) mass is 412 g/mol. The number of rotatable bonds is 8. The van der Waals surface area contributed by atoms with Gasteiger partial charge < -0.3 is 19.3 Å². The number of nitrogens with zero attached hydrogens (tertiary/aromatic N) is 2. The summed E-state index contributed by atoms with van der Waals surface area (Å²) in [5.41, 5.74) is 0.896. The molecule has 11 heteroatoms. The summed E-state index contributed by atoms with van der Waals surface area (Å²) in [6, 6.07) is 0. The van der Waals surface area contributed by atoms with E-state index in [0.29, 0.717) is 24.4 Å². The molecular weight excluding hydrogens is 380 g/mol. The van der Waals surface area contributed by atoms with Crippen molar-refractivity contribution >= 4 is 22.3 Å². The molecule has 0 aliphatic heterocycles. The van der Waals surface area contributed by atoms with Crippen LogP contribution in [0.5, 0.6) is 0 Å². The molecule has 0 aromatic heterocycles. The Kier molecular flexibility index (Phi) is 18.2. The fourth-order valence-electron chi connectivity index (χ4n) is 0.888. The average Bonchev–Trinajstić information content (AvgIpc) is 2.44. The van der Waals surface area contributed by atoms with Gasteiger partial charge in [-0.1, -0.05) is 13.2 Å². The van der Waals surface area contributed by atoms with Crippen molar-refractivity contribution < 1.29 is 36.6 Å². The molecule has 0 fully saturated rings. The summed E-state index contributed by atoms with van der Waals surface area (Å²) >= 11 is 0. The molecule has 0 saturated heterocycles. The van der Waals surface area contributed by atoms with E-state index < -0.39 is 10.4 Å². The number of esters is 2. The molecule has 0 spiro atoms. The van der Waals surface area contributed by atoms with Crippen LogP contribution in [0.3, 0.4) is 0 Å². The first-order valence-corrected chi connectivity index (χ1v) is 9.12. The quantitative estimate of drug-likeness (QED) is 0.333. The minimum atomic E-state index is -4.67. The van der Waals surface area contributed by atoms with Crippen LogP contribution in [0.4, 0.5) is 0 Å². The van der Waals surface area contributed by atoms with E-state index in [2.05, 4.69) is 13.2 Å². The van der Waals surface area contributed by atoms with Crippen LogP contribution in [0.1, 0.15) is 13.8 Å². The van der Waals surface area contributed by atoms with Gasteiger partial charge in [0.2, 0.25) is 0 Å². The molecule has 0 amide bonds. The summed E-state index contributed by atoms with van der Waals surface area (Å²) in [5, 5.41) is 0. The first-order chi connectivity index (χ1) is 12.1. The standard InChI is InChI=1S/2C8H15NO2.H2O4S/c2*1-7(2)8(10)11-6-5-9(3)4;1-5(2,3)4/h2*1,5-6H2,2-4H3;(H2,1,2,3,4). The van der Waals surface area contributed by atoms with Gasteiger partial charge in [0.1, 0.15) is 13.2 Å². The van der Waals surface area contributed by atoms with E-state index in [0.717, 1.165) is 13.1 Å². The highest BCUT2D eigenvalue weighted by atomic mass is 32.3. The lowest BCUT2D eigenvalue weighted by atomic mass is 10.4. The Morgan fingerprint density at radius 3 is 1.19 bits per heavy atom. The van der Waals surface area contributed by atoms with E-state index in [9.17, 15) is 9.59 Å². The van der Waals surface area contributed by atoms with Crippen LogP contribution in [0.25, 0.3) is 0 Å². The van der Waals surface area contributed by atoms with E-state index in [1.54, 1.807) is 13.8 Å².